The Morgan fingerprint density at radius 3 is 2.96 bits per heavy atom. The quantitative estimate of drug-likeness (QED) is 0.641. The number of aliphatic imine (C=N–C) groups is 1. The average molecular weight is 328 g/mol. The molecule has 0 saturated carbocycles. The van der Waals surface area contributed by atoms with Gasteiger partial charge >= 0.3 is 0 Å². The number of aryl methyl sites for hydroxylation is 2. The van der Waals surface area contributed by atoms with Crippen LogP contribution in [0.5, 0.6) is 0 Å². The van der Waals surface area contributed by atoms with E-state index >= 15 is 0 Å². The second-order valence-electron chi connectivity index (χ2n) is 6.08. The summed E-state index contributed by atoms with van der Waals surface area (Å²) in [6.07, 6.45) is 4.26. The lowest BCUT2D eigenvalue weighted by Crippen LogP contribution is -2.37. The fraction of sp³-hybridized carbons (Fsp3) is 0.471. The SMILES string of the molecule is Cc1cc(C)n(-c2ccc(CN=C(N)NCC3CCCO3)cn2)n1. The van der Waals surface area contributed by atoms with Crippen molar-refractivity contribution in [1.29, 1.82) is 0 Å². The van der Waals surface area contributed by atoms with Crippen LogP contribution in [0.15, 0.2) is 29.4 Å². The molecule has 0 aliphatic carbocycles. The molecule has 2 aromatic rings. The molecule has 1 saturated heterocycles. The molecule has 0 radical (unpaired) electrons. The molecule has 3 rings (SSSR count). The molecule has 1 aliphatic rings. The van der Waals surface area contributed by atoms with E-state index < -0.39 is 0 Å². The van der Waals surface area contributed by atoms with Gasteiger partial charge in [0.05, 0.1) is 18.3 Å². The monoisotopic (exact) mass is 328 g/mol. The molecule has 128 valence electrons. The number of aromatic nitrogens is 3. The summed E-state index contributed by atoms with van der Waals surface area (Å²) in [6.45, 7) is 6.04. The number of nitrogens with zero attached hydrogens (tertiary/aromatic N) is 4. The third kappa shape index (κ3) is 4.11. The molecule has 3 heterocycles. The van der Waals surface area contributed by atoms with Gasteiger partial charge in [-0.2, -0.15) is 5.10 Å². The first kappa shape index (κ1) is 16.4. The Morgan fingerprint density at radius 1 is 1.46 bits per heavy atom. The van der Waals surface area contributed by atoms with Crippen molar-refractivity contribution in [3.63, 3.8) is 0 Å². The molecule has 1 aliphatic heterocycles. The molecule has 0 aromatic carbocycles. The highest BCUT2D eigenvalue weighted by Gasteiger charge is 2.14. The lowest BCUT2D eigenvalue weighted by Gasteiger charge is -2.11. The van der Waals surface area contributed by atoms with Crippen molar-refractivity contribution < 1.29 is 4.74 Å². The minimum absolute atomic E-state index is 0.250. The third-order valence-corrected chi connectivity index (χ3v) is 4.00. The van der Waals surface area contributed by atoms with Crippen LogP contribution in [-0.2, 0) is 11.3 Å². The number of guanidine groups is 1. The van der Waals surface area contributed by atoms with E-state index in [9.17, 15) is 0 Å². The van der Waals surface area contributed by atoms with Crippen molar-refractivity contribution in [2.75, 3.05) is 13.2 Å². The Balaban J connectivity index is 1.55. The van der Waals surface area contributed by atoms with Crippen LogP contribution >= 0.6 is 0 Å². The summed E-state index contributed by atoms with van der Waals surface area (Å²) in [5.41, 5.74) is 8.94. The second kappa shape index (κ2) is 7.44. The van der Waals surface area contributed by atoms with Gasteiger partial charge in [-0.25, -0.2) is 14.7 Å². The minimum atomic E-state index is 0.250. The number of rotatable bonds is 5. The van der Waals surface area contributed by atoms with Gasteiger partial charge in [0.1, 0.15) is 0 Å². The van der Waals surface area contributed by atoms with E-state index in [-0.39, 0.29) is 6.10 Å². The first-order chi connectivity index (χ1) is 11.6. The van der Waals surface area contributed by atoms with E-state index in [2.05, 4.69) is 20.4 Å². The summed E-state index contributed by atoms with van der Waals surface area (Å²) in [5.74, 6) is 1.24. The van der Waals surface area contributed by atoms with Gasteiger partial charge in [0.25, 0.3) is 0 Å². The number of hydrogen-bond donors (Lipinski definition) is 2. The van der Waals surface area contributed by atoms with Gasteiger partial charge in [-0.05, 0) is 44.4 Å². The van der Waals surface area contributed by atoms with Crippen LogP contribution in [-0.4, -0.2) is 40.0 Å². The van der Waals surface area contributed by atoms with E-state index in [4.69, 9.17) is 10.5 Å². The summed E-state index contributed by atoms with van der Waals surface area (Å²) >= 11 is 0. The normalized spacial score (nSPS) is 18.1. The lowest BCUT2D eigenvalue weighted by atomic mass is 10.2. The molecule has 7 heteroatoms. The molecular weight excluding hydrogens is 304 g/mol. The molecule has 1 atom stereocenters. The van der Waals surface area contributed by atoms with Gasteiger partial charge < -0.3 is 15.8 Å². The first-order valence-electron chi connectivity index (χ1n) is 8.26. The minimum Gasteiger partial charge on any atom is -0.376 e. The van der Waals surface area contributed by atoms with E-state index in [1.807, 2.05) is 42.9 Å². The van der Waals surface area contributed by atoms with E-state index in [1.54, 1.807) is 0 Å². The fourth-order valence-corrected chi connectivity index (χ4v) is 2.75. The number of ether oxygens (including phenoxy) is 1. The van der Waals surface area contributed by atoms with E-state index in [0.29, 0.717) is 19.0 Å². The Bertz CT molecular complexity index is 700. The molecule has 0 spiro atoms. The van der Waals surface area contributed by atoms with Crippen LogP contribution in [0.1, 0.15) is 29.8 Å². The van der Waals surface area contributed by atoms with E-state index in [0.717, 1.165) is 42.2 Å². The largest absolute Gasteiger partial charge is 0.376 e. The standard InChI is InChI=1S/C17H24N6O/c1-12-8-13(2)23(22-12)16-6-5-14(9-19-16)10-20-17(18)21-11-15-4-3-7-24-15/h5-6,8-9,15H,3-4,7,10-11H2,1-2H3,(H3,18,20,21). The smallest absolute Gasteiger partial charge is 0.189 e. The van der Waals surface area contributed by atoms with Crippen LogP contribution in [0.25, 0.3) is 5.82 Å². The van der Waals surface area contributed by atoms with Gasteiger partial charge in [0, 0.05) is 25.0 Å². The summed E-state index contributed by atoms with van der Waals surface area (Å²) < 4.78 is 7.37. The maximum atomic E-state index is 5.89. The molecule has 2 aromatic heterocycles. The van der Waals surface area contributed by atoms with Gasteiger partial charge in [0.15, 0.2) is 11.8 Å². The van der Waals surface area contributed by atoms with Crippen LogP contribution in [0, 0.1) is 13.8 Å². The molecule has 7 nitrogen and oxygen atoms in total. The molecule has 24 heavy (non-hydrogen) atoms. The van der Waals surface area contributed by atoms with Gasteiger partial charge in [-0.1, -0.05) is 6.07 Å². The molecule has 3 N–H and O–H groups in total. The predicted octanol–water partition coefficient (Wildman–Crippen LogP) is 1.47. The maximum absolute atomic E-state index is 5.89. The first-order valence-corrected chi connectivity index (χ1v) is 8.26. The van der Waals surface area contributed by atoms with E-state index in [1.165, 1.54) is 0 Å². The van der Waals surface area contributed by atoms with Gasteiger partial charge in [-0.3, -0.25) is 0 Å². The Morgan fingerprint density at radius 2 is 2.33 bits per heavy atom. The van der Waals surface area contributed by atoms with Crippen LogP contribution in [0.3, 0.4) is 0 Å². The summed E-state index contributed by atoms with van der Waals surface area (Å²) in [5, 5.41) is 7.54. The van der Waals surface area contributed by atoms with Crippen molar-refractivity contribution in [1.82, 2.24) is 20.1 Å². The highest BCUT2D eigenvalue weighted by Crippen LogP contribution is 2.11. The van der Waals surface area contributed by atoms with Crippen molar-refractivity contribution in [3.8, 4) is 5.82 Å². The fourth-order valence-electron chi connectivity index (χ4n) is 2.75. The summed E-state index contributed by atoms with van der Waals surface area (Å²) in [6, 6.07) is 5.97. The zero-order valence-electron chi connectivity index (χ0n) is 14.2. The number of nitrogens with one attached hydrogen (secondary N) is 1. The summed E-state index contributed by atoms with van der Waals surface area (Å²) in [4.78, 5) is 8.80. The van der Waals surface area contributed by atoms with Crippen molar-refractivity contribution in [2.45, 2.75) is 39.3 Å². The molecule has 1 unspecified atom stereocenters. The molecular formula is C17H24N6O. The number of hydrogen-bond acceptors (Lipinski definition) is 4. The van der Waals surface area contributed by atoms with Crippen LogP contribution in [0.4, 0.5) is 0 Å². The van der Waals surface area contributed by atoms with Gasteiger partial charge in [-0.15, -0.1) is 0 Å². The number of pyridine rings is 1. The predicted molar refractivity (Wildman–Crippen MR) is 93.1 cm³/mol. The molecule has 1 fully saturated rings. The van der Waals surface area contributed by atoms with Crippen LogP contribution < -0.4 is 11.1 Å². The molecule has 0 amide bonds. The Hall–Kier alpha value is -2.41. The Kier molecular flexibility index (Phi) is 5.10. The highest BCUT2D eigenvalue weighted by molar-refractivity contribution is 5.77. The zero-order chi connectivity index (χ0) is 16.9. The van der Waals surface area contributed by atoms with Crippen molar-refractivity contribution in [3.05, 3.63) is 41.3 Å². The topological polar surface area (TPSA) is 90.4 Å². The Labute approximate surface area is 141 Å². The van der Waals surface area contributed by atoms with Crippen molar-refractivity contribution >= 4 is 5.96 Å². The molecule has 0 bridgehead atoms. The second-order valence-corrected chi connectivity index (χ2v) is 6.08. The summed E-state index contributed by atoms with van der Waals surface area (Å²) in [7, 11) is 0. The number of nitrogens with two attached hydrogens (primary N) is 1. The highest BCUT2D eigenvalue weighted by atomic mass is 16.5. The van der Waals surface area contributed by atoms with Gasteiger partial charge in [0.2, 0.25) is 0 Å². The van der Waals surface area contributed by atoms with Crippen molar-refractivity contribution in [2.24, 2.45) is 10.7 Å². The lowest BCUT2D eigenvalue weighted by molar-refractivity contribution is 0.114. The zero-order valence-corrected chi connectivity index (χ0v) is 14.2. The maximum Gasteiger partial charge on any atom is 0.189 e. The van der Waals surface area contributed by atoms with Crippen LogP contribution in [0.2, 0.25) is 0 Å². The average Bonchev–Trinajstić information content (AvgIpc) is 3.21. The third-order valence-electron chi connectivity index (χ3n) is 4.00.